The van der Waals surface area contributed by atoms with Crippen molar-refractivity contribution in [3.05, 3.63) is 212 Å². The Kier molecular flexibility index (Phi) is 24.5. The van der Waals surface area contributed by atoms with Crippen molar-refractivity contribution in [3.8, 4) is 0 Å². The number of imide groups is 7. The van der Waals surface area contributed by atoms with Gasteiger partial charge in [-0.2, -0.15) is 0 Å². The Morgan fingerprint density at radius 3 is 1.23 bits per heavy atom. The largest absolute Gasteiger partial charge is 0.386 e. The summed E-state index contributed by atoms with van der Waals surface area (Å²) in [7, 11) is 0. The van der Waals surface area contributed by atoms with Crippen molar-refractivity contribution in [1.82, 2.24) is 35.1 Å². The highest BCUT2D eigenvalue weighted by Crippen LogP contribution is 2.34. The third-order valence-electron chi connectivity index (χ3n) is 17.9. The van der Waals surface area contributed by atoms with Crippen LogP contribution in [-0.2, 0) is 62.6 Å². The molecule has 0 radical (unpaired) electrons. The molecule has 103 heavy (non-hydrogen) atoms. The molecule has 6 aromatic carbocycles. The van der Waals surface area contributed by atoms with Gasteiger partial charge < -0.3 is 10.5 Å². The number of nitrogens with two attached hydrogens (primary N) is 1. The minimum Gasteiger partial charge on any atom is -0.386 e. The molecule has 6 aromatic rings. The van der Waals surface area contributed by atoms with Gasteiger partial charge in [0.1, 0.15) is 35.6 Å². The minimum atomic E-state index is -1.07. The van der Waals surface area contributed by atoms with Crippen LogP contribution in [0.5, 0.6) is 0 Å². The Morgan fingerprint density at radius 2 is 0.777 bits per heavy atom. The molecular weight excluding hydrogens is 1370 g/mol. The van der Waals surface area contributed by atoms with Crippen LogP contribution in [0.2, 0.25) is 0 Å². The second-order valence-electron chi connectivity index (χ2n) is 24.8. The van der Waals surface area contributed by atoms with Gasteiger partial charge >= 0.3 is 11.9 Å². The van der Waals surface area contributed by atoms with Crippen molar-refractivity contribution < 1.29 is 94.6 Å². The molecule has 0 spiro atoms. The molecule has 534 valence electrons. The number of ether oxygens (including phenoxy) is 1. The number of benzene rings is 6. The number of likely N-dealkylation sites (tertiary alicyclic amines) is 2. The molecule has 4 fully saturated rings. The number of unbranched alkanes of at least 4 members (excludes halogenated alkanes) is 5. The van der Waals surface area contributed by atoms with Gasteiger partial charge in [-0.15, -0.1) is 12.4 Å². The van der Waals surface area contributed by atoms with Gasteiger partial charge in [0.05, 0.1) is 63.6 Å². The summed E-state index contributed by atoms with van der Waals surface area (Å²) in [5.74, 6) is -10.3. The second kappa shape index (κ2) is 33.3. The quantitative estimate of drug-likeness (QED) is 0.0409. The first kappa shape index (κ1) is 75.7. The van der Waals surface area contributed by atoms with E-state index in [2.05, 4.69) is 22.3 Å². The highest BCUT2D eigenvalue weighted by molar-refractivity contribution is 6.25. The SMILES string of the molecule is CCCCCCCCc1ccc2c(c1)C(=O)N(C1CCC(=O)N(Cc3ccccc3)C1=O)C2=O.Cl.NC1CCC(=O)NC1=O.O=C1CCC(N2C(=O)c3ccc(F)cc3C2=O)C(=O)N1.O=C1CCC(N2C(=O)c3ccc(F)cc3C2=O)C(=O)N1Cc1ccccc1.O=C1OC(=O)c2cc(F)ccc21. The number of amides is 14. The Morgan fingerprint density at radius 1 is 0.398 bits per heavy atom. The fourth-order valence-corrected chi connectivity index (χ4v) is 12.6. The number of halogens is 4. The van der Waals surface area contributed by atoms with Crippen molar-refractivity contribution in [3.63, 3.8) is 0 Å². The number of nitrogens with one attached hydrogen (secondary N) is 2. The van der Waals surface area contributed by atoms with Gasteiger partial charge in [0, 0.05) is 25.7 Å². The second-order valence-corrected chi connectivity index (χ2v) is 24.8. The van der Waals surface area contributed by atoms with Crippen LogP contribution >= 0.6 is 12.4 Å². The predicted octanol–water partition coefficient (Wildman–Crippen LogP) is 7.58. The maximum absolute atomic E-state index is 13.5. The average Bonchev–Trinajstić information content (AvgIpc) is 1.64. The van der Waals surface area contributed by atoms with E-state index in [0.29, 0.717) is 24.0 Å². The number of fused-ring (bicyclic) bond motifs is 4. The molecule has 0 bridgehead atoms. The van der Waals surface area contributed by atoms with Gasteiger partial charge in [-0.1, -0.05) is 106 Å². The Balaban J connectivity index is 0.000000159. The minimum absolute atomic E-state index is 0. The van der Waals surface area contributed by atoms with E-state index in [1.807, 2.05) is 48.5 Å². The monoisotopic (exact) mass is 1430 g/mol. The summed E-state index contributed by atoms with van der Waals surface area (Å²) in [6.45, 7) is 2.42. The van der Waals surface area contributed by atoms with E-state index in [-0.39, 0.29) is 121 Å². The van der Waals surface area contributed by atoms with Crippen molar-refractivity contribution >= 4 is 107 Å². The fourth-order valence-electron chi connectivity index (χ4n) is 12.6. The molecule has 14 amide bonds. The van der Waals surface area contributed by atoms with Gasteiger partial charge in [-0.3, -0.25) is 102 Å². The number of piperidine rings is 4. The number of rotatable bonds is 14. The van der Waals surface area contributed by atoms with Crippen molar-refractivity contribution in [2.24, 2.45) is 5.73 Å². The Hall–Kier alpha value is -11.5. The van der Waals surface area contributed by atoms with Crippen LogP contribution in [0.15, 0.2) is 133 Å². The molecule has 0 aliphatic carbocycles. The van der Waals surface area contributed by atoms with E-state index in [1.54, 1.807) is 30.3 Å². The Labute approximate surface area is 592 Å². The maximum atomic E-state index is 13.5. The van der Waals surface area contributed by atoms with E-state index >= 15 is 0 Å². The Bertz CT molecular complexity index is 4480. The topological polar surface area (TPSA) is 349 Å². The maximum Gasteiger partial charge on any atom is 0.347 e. The van der Waals surface area contributed by atoms with Crippen molar-refractivity contribution in [1.29, 1.82) is 0 Å². The van der Waals surface area contributed by atoms with Crippen molar-refractivity contribution in [2.45, 2.75) is 140 Å². The van der Waals surface area contributed by atoms with Gasteiger partial charge in [0.15, 0.2) is 0 Å². The first-order valence-electron chi connectivity index (χ1n) is 33.0. The molecule has 4 N–H and O–H groups in total. The van der Waals surface area contributed by atoms with Gasteiger partial charge in [-0.25, -0.2) is 22.8 Å². The lowest BCUT2D eigenvalue weighted by molar-refractivity contribution is -0.153. The molecule has 0 saturated carbocycles. The summed E-state index contributed by atoms with van der Waals surface area (Å²) in [4.78, 5) is 197. The zero-order valence-electron chi connectivity index (χ0n) is 55.3. The summed E-state index contributed by atoms with van der Waals surface area (Å²) >= 11 is 0. The molecule has 8 aliphatic rings. The van der Waals surface area contributed by atoms with Crippen LogP contribution in [0.4, 0.5) is 13.2 Å². The molecular formula is C74H68ClF3N8O17. The van der Waals surface area contributed by atoms with E-state index in [4.69, 9.17) is 5.73 Å². The highest BCUT2D eigenvalue weighted by Gasteiger charge is 2.50. The average molecular weight is 1430 g/mol. The summed E-state index contributed by atoms with van der Waals surface area (Å²) in [6.07, 6.45) is 9.40. The third kappa shape index (κ3) is 16.9. The molecule has 8 heterocycles. The zero-order chi connectivity index (χ0) is 73.2. The molecule has 8 aliphatic heterocycles. The van der Waals surface area contributed by atoms with Crippen molar-refractivity contribution in [2.75, 3.05) is 0 Å². The smallest absolute Gasteiger partial charge is 0.347 e. The standard InChI is InChI=1S/C28H32N2O4.C20H15FN2O4.C13H9FN2O4.C8H3FO3.C5H8N2O2.ClH/c1-2-3-4-5-6-8-11-20-14-15-22-23(18-20)27(33)30(26(22)32)24-16-17-25(31)29(28(24)34)19-21-12-9-7-10-13-21;21-13-6-7-14-15(10-13)19(26)23(18(14)25)16-8-9-17(24)22(20(16)27)11-12-4-2-1-3-5-12;14-6-1-2-7-8(5-6)13(20)16(12(7)19)9-3-4-10(17)15-11(9)18;9-4-1-2-5-6(3-4)8(11)12-7(5)10;6-3-1-2-4(8)7-5(3)9;/h7,9-10,12-15,18,24H,2-6,8,11,16-17,19H2,1H3;1-7,10,16H,8-9,11H2;1-2,5,9H,3-4H2,(H,15,17,18);1-3H;3H,1-2,6H2,(H,7,8,9);1H. The van der Waals surface area contributed by atoms with E-state index in [9.17, 15) is 89.9 Å². The summed E-state index contributed by atoms with van der Waals surface area (Å²) in [5.41, 5.74) is 8.77. The van der Waals surface area contributed by atoms with Crippen LogP contribution in [0.3, 0.4) is 0 Å². The zero-order valence-corrected chi connectivity index (χ0v) is 56.1. The molecule has 14 rings (SSSR count). The molecule has 4 atom stereocenters. The van der Waals surface area contributed by atoms with Crippen LogP contribution in [0.1, 0.15) is 196 Å². The van der Waals surface area contributed by atoms with Crippen LogP contribution in [0.25, 0.3) is 0 Å². The molecule has 25 nitrogen and oxygen atoms in total. The summed E-state index contributed by atoms with van der Waals surface area (Å²) < 4.78 is 43.4. The first-order valence-corrected chi connectivity index (χ1v) is 33.0. The van der Waals surface area contributed by atoms with Gasteiger partial charge in [0.25, 0.3) is 47.3 Å². The molecule has 4 unspecified atom stereocenters. The van der Waals surface area contributed by atoms with Gasteiger partial charge in [0.2, 0.25) is 35.4 Å². The highest BCUT2D eigenvalue weighted by atomic mass is 35.5. The number of hydrogen-bond donors (Lipinski definition) is 3. The molecule has 4 saturated heterocycles. The number of nitrogens with zero attached hydrogens (tertiary/aromatic N) is 5. The first-order chi connectivity index (χ1) is 48.8. The number of esters is 2. The number of carbonyl (C=O) groups excluding carboxylic acids is 16. The lowest BCUT2D eigenvalue weighted by Crippen LogP contribution is -2.55. The lowest BCUT2D eigenvalue weighted by atomic mass is 10.0. The van der Waals surface area contributed by atoms with E-state index in [0.717, 1.165) is 92.0 Å². The summed E-state index contributed by atoms with van der Waals surface area (Å²) in [6, 6.07) is 30.1. The summed E-state index contributed by atoms with van der Waals surface area (Å²) in [5, 5.41) is 4.21. The van der Waals surface area contributed by atoms with Crippen LogP contribution in [0, 0.1) is 17.5 Å². The van der Waals surface area contributed by atoms with E-state index in [1.165, 1.54) is 48.8 Å². The number of carbonyl (C=O) groups is 16. The number of cyclic esters (lactones) is 2. The third-order valence-corrected chi connectivity index (χ3v) is 17.9. The fraction of sp³-hybridized carbons (Fsp3) is 0.297. The lowest BCUT2D eigenvalue weighted by Gasteiger charge is -2.34. The van der Waals surface area contributed by atoms with Crippen LogP contribution < -0.4 is 16.4 Å². The molecule has 29 heteroatoms. The van der Waals surface area contributed by atoms with E-state index < -0.39 is 113 Å². The van der Waals surface area contributed by atoms with Gasteiger partial charge in [-0.05, 0) is 122 Å². The number of hydrogen-bond acceptors (Lipinski definition) is 18. The molecule has 0 aromatic heterocycles. The predicted molar refractivity (Wildman–Crippen MR) is 358 cm³/mol. The number of aryl methyl sites for hydroxylation is 1. The normalized spacial score (nSPS) is 19.5. The van der Waals surface area contributed by atoms with Crippen LogP contribution in [-0.4, -0.2) is 143 Å².